The van der Waals surface area contributed by atoms with Crippen molar-refractivity contribution in [3.8, 4) is 0 Å². The van der Waals surface area contributed by atoms with Crippen molar-refractivity contribution in [3.63, 3.8) is 0 Å². The molecule has 1 aromatic carbocycles. The Balaban J connectivity index is 2.89. The van der Waals surface area contributed by atoms with Gasteiger partial charge in [-0.25, -0.2) is 0 Å². The summed E-state index contributed by atoms with van der Waals surface area (Å²) in [5, 5.41) is 0. The standard InChI is InChI=1S/C7H5Br3/c8-6-3-1-5(2-4-6)7(9)10/h1-4,7H. The Morgan fingerprint density at radius 3 is 1.90 bits per heavy atom. The summed E-state index contributed by atoms with van der Waals surface area (Å²) in [5.41, 5.74) is 1.23. The highest BCUT2D eigenvalue weighted by Gasteiger charge is 1.99. The summed E-state index contributed by atoms with van der Waals surface area (Å²) >= 11 is 10.2. The maximum absolute atomic E-state index is 3.41. The quantitative estimate of drug-likeness (QED) is 0.676. The van der Waals surface area contributed by atoms with Gasteiger partial charge in [0.05, 0.1) is 3.74 Å². The van der Waals surface area contributed by atoms with Gasteiger partial charge in [-0.3, -0.25) is 0 Å². The lowest BCUT2D eigenvalue weighted by atomic mass is 10.2. The maximum atomic E-state index is 3.41. The first-order valence-electron chi connectivity index (χ1n) is 2.74. The Labute approximate surface area is 85.4 Å². The fraction of sp³-hybridized carbons (Fsp3) is 0.143. The van der Waals surface area contributed by atoms with Crippen LogP contribution in [0, 0.1) is 0 Å². The summed E-state index contributed by atoms with van der Waals surface area (Å²) in [6.45, 7) is 0. The zero-order chi connectivity index (χ0) is 7.56. The lowest BCUT2D eigenvalue weighted by Crippen LogP contribution is -1.77. The molecule has 0 aromatic heterocycles. The van der Waals surface area contributed by atoms with E-state index < -0.39 is 0 Å². The van der Waals surface area contributed by atoms with Crippen molar-refractivity contribution in [3.05, 3.63) is 34.3 Å². The molecule has 10 heavy (non-hydrogen) atoms. The molecule has 0 N–H and O–H groups in total. The summed E-state index contributed by atoms with van der Waals surface area (Å²) in [5.74, 6) is 0. The van der Waals surface area contributed by atoms with Crippen molar-refractivity contribution in [2.45, 2.75) is 3.74 Å². The summed E-state index contributed by atoms with van der Waals surface area (Å²) < 4.78 is 1.37. The van der Waals surface area contributed by atoms with Crippen LogP contribution in [-0.4, -0.2) is 0 Å². The molecular weight excluding hydrogens is 324 g/mol. The summed E-state index contributed by atoms with van der Waals surface area (Å²) in [7, 11) is 0. The van der Waals surface area contributed by atoms with E-state index in [2.05, 4.69) is 59.9 Å². The molecule has 0 aliphatic rings. The van der Waals surface area contributed by atoms with Crippen molar-refractivity contribution in [2.24, 2.45) is 0 Å². The summed E-state index contributed by atoms with van der Waals surface area (Å²) in [6.07, 6.45) is 0. The van der Waals surface area contributed by atoms with E-state index in [4.69, 9.17) is 0 Å². The van der Waals surface area contributed by atoms with Crippen LogP contribution >= 0.6 is 47.8 Å². The molecule has 0 heterocycles. The van der Waals surface area contributed by atoms with E-state index in [9.17, 15) is 0 Å². The van der Waals surface area contributed by atoms with Crippen molar-refractivity contribution >= 4 is 47.8 Å². The van der Waals surface area contributed by atoms with Crippen LogP contribution in [0.2, 0.25) is 0 Å². The third-order valence-corrected chi connectivity index (χ3v) is 2.71. The van der Waals surface area contributed by atoms with Gasteiger partial charge in [0.2, 0.25) is 0 Å². The number of halogens is 3. The monoisotopic (exact) mass is 326 g/mol. The first-order valence-corrected chi connectivity index (χ1v) is 5.36. The minimum absolute atomic E-state index is 0.257. The predicted molar refractivity (Wildman–Crippen MR) is 54.7 cm³/mol. The minimum atomic E-state index is 0.257. The zero-order valence-corrected chi connectivity index (χ0v) is 9.78. The highest BCUT2D eigenvalue weighted by Crippen LogP contribution is 2.29. The lowest BCUT2D eigenvalue weighted by molar-refractivity contribution is 1.41. The molecular formula is C7H5Br3. The minimum Gasteiger partial charge on any atom is -0.0712 e. The van der Waals surface area contributed by atoms with Crippen LogP contribution in [0.15, 0.2) is 28.7 Å². The van der Waals surface area contributed by atoms with E-state index in [-0.39, 0.29) is 3.74 Å². The van der Waals surface area contributed by atoms with Gasteiger partial charge in [0.25, 0.3) is 0 Å². The first-order chi connectivity index (χ1) is 4.70. The van der Waals surface area contributed by atoms with Crippen LogP contribution in [0.5, 0.6) is 0 Å². The van der Waals surface area contributed by atoms with Gasteiger partial charge in [0, 0.05) is 4.47 Å². The van der Waals surface area contributed by atoms with Gasteiger partial charge in [-0.1, -0.05) is 59.9 Å². The first kappa shape index (κ1) is 8.75. The van der Waals surface area contributed by atoms with E-state index in [1.807, 2.05) is 12.1 Å². The molecule has 0 amide bonds. The molecule has 3 heteroatoms. The van der Waals surface area contributed by atoms with Gasteiger partial charge < -0.3 is 0 Å². The fourth-order valence-corrected chi connectivity index (χ4v) is 1.48. The predicted octanol–water partition coefficient (Wildman–Crippen LogP) is 4.24. The second kappa shape index (κ2) is 3.88. The Kier molecular flexibility index (Phi) is 3.40. The third kappa shape index (κ3) is 2.36. The van der Waals surface area contributed by atoms with Crippen LogP contribution in [0.4, 0.5) is 0 Å². The van der Waals surface area contributed by atoms with E-state index in [1.165, 1.54) is 5.56 Å². The highest BCUT2D eigenvalue weighted by molar-refractivity contribution is 9.24. The summed E-state index contributed by atoms with van der Waals surface area (Å²) in [4.78, 5) is 0. The maximum Gasteiger partial charge on any atom is 0.0946 e. The molecule has 0 saturated heterocycles. The number of rotatable bonds is 1. The normalized spacial score (nSPS) is 10.4. The second-order valence-electron chi connectivity index (χ2n) is 1.85. The molecule has 0 unspecified atom stereocenters. The largest absolute Gasteiger partial charge is 0.0946 e. The fourth-order valence-electron chi connectivity index (χ4n) is 0.608. The molecule has 0 bridgehead atoms. The van der Waals surface area contributed by atoms with E-state index in [1.54, 1.807) is 0 Å². The van der Waals surface area contributed by atoms with Crippen molar-refractivity contribution in [2.75, 3.05) is 0 Å². The molecule has 0 aliphatic heterocycles. The smallest absolute Gasteiger partial charge is 0.0712 e. The Morgan fingerprint density at radius 1 is 1.00 bits per heavy atom. The SMILES string of the molecule is Brc1ccc(C(Br)Br)cc1. The van der Waals surface area contributed by atoms with Crippen LogP contribution in [0.3, 0.4) is 0 Å². The van der Waals surface area contributed by atoms with Gasteiger partial charge >= 0.3 is 0 Å². The molecule has 0 atom stereocenters. The average molecular weight is 329 g/mol. The van der Waals surface area contributed by atoms with Crippen LogP contribution in [-0.2, 0) is 0 Å². The Morgan fingerprint density at radius 2 is 1.50 bits per heavy atom. The van der Waals surface area contributed by atoms with Gasteiger partial charge in [-0.15, -0.1) is 0 Å². The number of hydrogen-bond donors (Lipinski definition) is 0. The number of alkyl halides is 2. The van der Waals surface area contributed by atoms with E-state index in [0.29, 0.717) is 0 Å². The molecule has 0 fully saturated rings. The number of hydrogen-bond acceptors (Lipinski definition) is 0. The third-order valence-electron chi connectivity index (χ3n) is 1.12. The van der Waals surface area contributed by atoms with Crippen molar-refractivity contribution < 1.29 is 0 Å². The topological polar surface area (TPSA) is 0 Å². The Hall–Kier alpha value is 0.660. The molecule has 1 rings (SSSR count). The van der Waals surface area contributed by atoms with E-state index in [0.717, 1.165) is 4.47 Å². The highest BCUT2D eigenvalue weighted by atomic mass is 79.9. The van der Waals surface area contributed by atoms with Crippen LogP contribution < -0.4 is 0 Å². The molecule has 0 saturated carbocycles. The molecule has 0 nitrogen and oxygen atoms in total. The zero-order valence-electron chi connectivity index (χ0n) is 5.02. The Bertz CT molecular complexity index is 203. The molecule has 0 radical (unpaired) electrons. The second-order valence-corrected chi connectivity index (χ2v) is 5.83. The molecule has 1 aromatic rings. The van der Waals surface area contributed by atoms with Gasteiger partial charge in [0.15, 0.2) is 0 Å². The van der Waals surface area contributed by atoms with Crippen molar-refractivity contribution in [1.82, 2.24) is 0 Å². The van der Waals surface area contributed by atoms with E-state index >= 15 is 0 Å². The van der Waals surface area contributed by atoms with Crippen LogP contribution in [0.25, 0.3) is 0 Å². The van der Waals surface area contributed by atoms with Crippen LogP contribution in [0.1, 0.15) is 9.30 Å². The molecule has 0 aliphatic carbocycles. The lowest BCUT2D eigenvalue weighted by Gasteiger charge is -1.99. The van der Waals surface area contributed by atoms with Gasteiger partial charge in [-0.2, -0.15) is 0 Å². The summed E-state index contributed by atoms with van der Waals surface area (Å²) in [6, 6.07) is 8.15. The van der Waals surface area contributed by atoms with Crippen molar-refractivity contribution in [1.29, 1.82) is 0 Å². The van der Waals surface area contributed by atoms with Gasteiger partial charge in [0.1, 0.15) is 0 Å². The van der Waals surface area contributed by atoms with Gasteiger partial charge in [-0.05, 0) is 17.7 Å². The molecule has 54 valence electrons. The average Bonchev–Trinajstić information content (AvgIpc) is 1.88. The number of benzene rings is 1. The molecule has 0 spiro atoms.